The van der Waals surface area contributed by atoms with Crippen LogP contribution in [0.4, 0.5) is 4.79 Å². The zero-order chi connectivity index (χ0) is 18.5. The van der Waals surface area contributed by atoms with Gasteiger partial charge in [-0.15, -0.1) is 0 Å². The highest BCUT2D eigenvalue weighted by Gasteiger charge is 2.11. The summed E-state index contributed by atoms with van der Waals surface area (Å²) in [6.07, 6.45) is 4.78. The first-order chi connectivity index (χ1) is 13.3. The van der Waals surface area contributed by atoms with Crippen molar-refractivity contribution >= 4 is 16.8 Å². The summed E-state index contributed by atoms with van der Waals surface area (Å²) >= 11 is 0. The summed E-state index contributed by atoms with van der Waals surface area (Å²) < 4.78 is 5.38. The number of rotatable bonds is 5. The van der Waals surface area contributed by atoms with Crippen molar-refractivity contribution in [3.63, 3.8) is 0 Å². The van der Waals surface area contributed by atoms with Gasteiger partial charge in [-0.25, -0.2) is 9.78 Å². The molecule has 134 valence electrons. The van der Waals surface area contributed by atoms with Gasteiger partial charge in [0.15, 0.2) is 5.76 Å². The molecule has 2 aromatic heterocycles. The van der Waals surface area contributed by atoms with Crippen LogP contribution in [0, 0.1) is 0 Å². The monoisotopic (exact) mass is 358 g/mol. The minimum atomic E-state index is -0.265. The predicted molar refractivity (Wildman–Crippen MR) is 103 cm³/mol. The highest BCUT2D eigenvalue weighted by Crippen LogP contribution is 2.20. The van der Waals surface area contributed by atoms with Crippen LogP contribution in [-0.2, 0) is 13.1 Å². The zero-order valence-electron chi connectivity index (χ0n) is 14.6. The Labute approximate surface area is 156 Å². The lowest BCUT2D eigenvalue weighted by Gasteiger charge is -2.10. The number of aromatic nitrogens is 2. The summed E-state index contributed by atoms with van der Waals surface area (Å²) in [5.41, 5.74) is 2.34. The normalized spacial score (nSPS) is 10.7. The number of nitrogens with zero attached hydrogens (tertiary/aromatic N) is 2. The molecule has 6 heteroatoms. The molecule has 2 N–H and O–H groups in total. The van der Waals surface area contributed by atoms with Gasteiger partial charge in [-0.3, -0.25) is 4.98 Å². The molecule has 0 bridgehead atoms. The first-order valence-electron chi connectivity index (χ1n) is 8.63. The highest BCUT2D eigenvalue weighted by molar-refractivity contribution is 5.86. The van der Waals surface area contributed by atoms with E-state index >= 15 is 0 Å². The molecule has 0 spiro atoms. The summed E-state index contributed by atoms with van der Waals surface area (Å²) in [7, 11) is 0. The first kappa shape index (κ1) is 16.8. The third kappa shape index (κ3) is 3.79. The average Bonchev–Trinajstić information content (AvgIpc) is 3.25. The van der Waals surface area contributed by atoms with Crippen molar-refractivity contribution < 1.29 is 9.21 Å². The molecule has 2 heterocycles. The second-order valence-corrected chi connectivity index (χ2v) is 6.00. The van der Waals surface area contributed by atoms with E-state index in [0.29, 0.717) is 23.7 Å². The van der Waals surface area contributed by atoms with Gasteiger partial charge in [0.25, 0.3) is 0 Å². The van der Waals surface area contributed by atoms with Crippen molar-refractivity contribution in [1.82, 2.24) is 20.6 Å². The molecule has 0 saturated heterocycles. The van der Waals surface area contributed by atoms with E-state index in [9.17, 15) is 4.79 Å². The Morgan fingerprint density at radius 2 is 1.70 bits per heavy atom. The Hall–Kier alpha value is -3.67. The van der Waals surface area contributed by atoms with E-state index in [0.717, 1.165) is 16.3 Å². The number of nitrogens with one attached hydrogen (secondary N) is 2. The second-order valence-electron chi connectivity index (χ2n) is 6.00. The highest BCUT2D eigenvalue weighted by atomic mass is 16.3. The van der Waals surface area contributed by atoms with Gasteiger partial charge in [0.2, 0.25) is 0 Å². The van der Waals surface area contributed by atoms with Crippen LogP contribution >= 0.6 is 0 Å². The molecular formula is C21H18N4O2. The lowest BCUT2D eigenvalue weighted by molar-refractivity contribution is 0.240. The molecule has 0 atom stereocenters. The van der Waals surface area contributed by atoms with Crippen LogP contribution in [0.1, 0.15) is 11.3 Å². The maximum Gasteiger partial charge on any atom is 0.315 e. The summed E-state index contributed by atoms with van der Waals surface area (Å²) in [4.78, 5) is 20.8. The summed E-state index contributed by atoms with van der Waals surface area (Å²) in [5.74, 6) is 0.621. The SMILES string of the molecule is O=C(NCc1nccnc1-c1ccco1)NCc1cccc2ccccc12. The van der Waals surface area contributed by atoms with Crippen molar-refractivity contribution in [2.75, 3.05) is 0 Å². The fourth-order valence-electron chi connectivity index (χ4n) is 2.96. The maximum atomic E-state index is 12.2. The van der Waals surface area contributed by atoms with E-state index in [-0.39, 0.29) is 12.6 Å². The average molecular weight is 358 g/mol. The molecule has 0 aliphatic carbocycles. The molecule has 2 aromatic carbocycles. The number of carbonyl (C=O) groups is 1. The summed E-state index contributed by atoms with van der Waals surface area (Å²) in [5, 5.41) is 8.01. The molecule has 0 fully saturated rings. The van der Waals surface area contributed by atoms with Crippen LogP contribution in [-0.4, -0.2) is 16.0 Å². The van der Waals surface area contributed by atoms with Crippen LogP contribution < -0.4 is 10.6 Å². The van der Waals surface area contributed by atoms with Gasteiger partial charge < -0.3 is 15.1 Å². The van der Waals surface area contributed by atoms with Gasteiger partial charge >= 0.3 is 6.03 Å². The van der Waals surface area contributed by atoms with Crippen LogP contribution in [0.15, 0.2) is 77.7 Å². The first-order valence-corrected chi connectivity index (χ1v) is 8.63. The molecule has 0 saturated carbocycles. The van der Waals surface area contributed by atoms with E-state index in [4.69, 9.17) is 4.42 Å². The molecule has 6 nitrogen and oxygen atoms in total. The predicted octanol–water partition coefficient (Wildman–Crippen LogP) is 3.89. The number of hydrogen-bond acceptors (Lipinski definition) is 4. The largest absolute Gasteiger partial charge is 0.463 e. The molecule has 4 rings (SSSR count). The Balaban J connectivity index is 1.40. The fraction of sp³-hybridized carbons (Fsp3) is 0.0952. The van der Waals surface area contributed by atoms with Crippen molar-refractivity contribution in [2.45, 2.75) is 13.1 Å². The number of carbonyl (C=O) groups excluding carboxylic acids is 1. The Kier molecular flexibility index (Phi) is 4.78. The molecule has 0 aliphatic rings. The van der Waals surface area contributed by atoms with Crippen LogP contribution in [0.5, 0.6) is 0 Å². The molecule has 4 aromatic rings. The van der Waals surface area contributed by atoms with E-state index < -0.39 is 0 Å². The van der Waals surface area contributed by atoms with E-state index in [1.54, 1.807) is 24.7 Å². The van der Waals surface area contributed by atoms with E-state index in [1.165, 1.54) is 0 Å². The standard InChI is InChI=1S/C21H18N4O2/c26-21(24-13-16-7-3-6-15-5-1-2-8-17(15)16)25-14-18-20(23-11-10-22-18)19-9-4-12-27-19/h1-12H,13-14H2,(H2,24,25,26). The minimum Gasteiger partial charge on any atom is -0.463 e. The third-order valence-corrected chi connectivity index (χ3v) is 4.26. The van der Waals surface area contributed by atoms with Crippen molar-refractivity contribution in [2.24, 2.45) is 0 Å². The summed E-state index contributed by atoms with van der Waals surface area (Å²) in [6, 6.07) is 17.5. The van der Waals surface area contributed by atoms with Crippen molar-refractivity contribution in [3.05, 3.63) is 84.5 Å². The molecule has 0 aliphatic heterocycles. The number of benzene rings is 2. The zero-order valence-corrected chi connectivity index (χ0v) is 14.6. The van der Waals surface area contributed by atoms with Gasteiger partial charge in [0, 0.05) is 18.9 Å². The van der Waals surface area contributed by atoms with Crippen LogP contribution in [0.3, 0.4) is 0 Å². The Morgan fingerprint density at radius 1 is 0.889 bits per heavy atom. The topological polar surface area (TPSA) is 80.1 Å². The second kappa shape index (κ2) is 7.70. The maximum absolute atomic E-state index is 12.2. The summed E-state index contributed by atoms with van der Waals surface area (Å²) in [6.45, 7) is 0.698. The van der Waals surface area contributed by atoms with Gasteiger partial charge in [-0.2, -0.15) is 0 Å². The van der Waals surface area contributed by atoms with Gasteiger partial charge in [-0.05, 0) is 28.5 Å². The van der Waals surface area contributed by atoms with Gasteiger partial charge in [0.05, 0.1) is 18.5 Å². The lowest BCUT2D eigenvalue weighted by Crippen LogP contribution is -2.35. The van der Waals surface area contributed by atoms with Crippen molar-refractivity contribution in [3.8, 4) is 11.5 Å². The van der Waals surface area contributed by atoms with Gasteiger partial charge in [0.1, 0.15) is 5.69 Å². The lowest BCUT2D eigenvalue weighted by atomic mass is 10.0. The molecular weight excluding hydrogens is 340 g/mol. The number of amides is 2. The van der Waals surface area contributed by atoms with Crippen LogP contribution in [0.2, 0.25) is 0 Å². The van der Waals surface area contributed by atoms with E-state index in [1.807, 2.05) is 30.3 Å². The Morgan fingerprint density at radius 3 is 2.59 bits per heavy atom. The molecule has 27 heavy (non-hydrogen) atoms. The molecule has 0 radical (unpaired) electrons. The molecule has 0 unspecified atom stereocenters. The quantitative estimate of drug-likeness (QED) is 0.567. The number of fused-ring (bicyclic) bond motifs is 1. The minimum absolute atomic E-state index is 0.255. The number of urea groups is 1. The Bertz CT molecular complexity index is 1060. The van der Waals surface area contributed by atoms with Gasteiger partial charge in [-0.1, -0.05) is 42.5 Å². The number of hydrogen-bond donors (Lipinski definition) is 2. The number of furan rings is 1. The smallest absolute Gasteiger partial charge is 0.315 e. The fourth-order valence-corrected chi connectivity index (χ4v) is 2.96. The van der Waals surface area contributed by atoms with Crippen molar-refractivity contribution in [1.29, 1.82) is 0 Å². The van der Waals surface area contributed by atoms with E-state index in [2.05, 4.69) is 38.8 Å². The third-order valence-electron chi connectivity index (χ3n) is 4.26. The van der Waals surface area contributed by atoms with Crippen LogP contribution in [0.25, 0.3) is 22.2 Å². The molecule has 2 amide bonds.